The van der Waals surface area contributed by atoms with Crippen molar-refractivity contribution < 1.29 is 9.53 Å². The van der Waals surface area contributed by atoms with Crippen LogP contribution >= 0.6 is 23.2 Å². The molecule has 0 bridgehead atoms. The van der Waals surface area contributed by atoms with Gasteiger partial charge in [0, 0.05) is 5.56 Å². The quantitative estimate of drug-likeness (QED) is 0.834. The molecule has 0 saturated carbocycles. The summed E-state index contributed by atoms with van der Waals surface area (Å²) in [7, 11) is 1.54. The SMILES string of the molecule is COc1ccc(C)cc1NC(=O)c1cc(Cl)c(N)c(Cl)c1. The monoisotopic (exact) mass is 324 g/mol. The molecule has 0 radical (unpaired) electrons. The van der Waals surface area contributed by atoms with Crippen molar-refractivity contribution in [1.82, 2.24) is 0 Å². The number of hydrogen-bond acceptors (Lipinski definition) is 3. The molecule has 0 saturated heterocycles. The lowest BCUT2D eigenvalue weighted by molar-refractivity contribution is 0.102. The predicted octanol–water partition coefficient (Wildman–Crippen LogP) is 4.14. The summed E-state index contributed by atoms with van der Waals surface area (Å²) in [5.74, 6) is 0.226. The second-order valence-electron chi connectivity index (χ2n) is 4.51. The van der Waals surface area contributed by atoms with E-state index >= 15 is 0 Å². The van der Waals surface area contributed by atoms with Crippen molar-refractivity contribution in [2.24, 2.45) is 0 Å². The van der Waals surface area contributed by atoms with E-state index in [0.29, 0.717) is 17.0 Å². The Morgan fingerprint density at radius 2 is 1.81 bits per heavy atom. The Bertz CT molecular complexity index is 679. The highest BCUT2D eigenvalue weighted by Gasteiger charge is 2.13. The molecule has 0 aliphatic heterocycles. The molecule has 1 amide bonds. The molecule has 0 heterocycles. The van der Waals surface area contributed by atoms with E-state index < -0.39 is 0 Å². The lowest BCUT2D eigenvalue weighted by atomic mass is 10.1. The summed E-state index contributed by atoms with van der Waals surface area (Å²) in [6.45, 7) is 1.92. The second kappa shape index (κ2) is 6.24. The fourth-order valence-corrected chi connectivity index (χ4v) is 2.32. The molecule has 0 unspecified atom stereocenters. The summed E-state index contributed by atoms with van der Waals surface area (Å²) in [5.41, 5.74) is 7.80. The number of rotatable bonds is 3. The Morgan fingerprint density at radius 1 is 1.19 bits per heavy atom. The van der Waals surface area contributed by atoms with Crippen LogP contribution in [0.5, 0.6) is 5.75 Å². The number of nitrogens with two attached hydrogens (primary N) is 1. The molecule has 2 aromatic carbocycles. The fourth-order valence-electron chi connectivity index (χ4n) is 1.83. The van der Waals surface area contributed by atoms with Crippen molar-refractivity contribution in [3.8, 4) is 5.75 Å². The van der Waals surface area contributed by atoms with Crippen LogP contribution in [0.1, 0.15) is 15.9 Å². The molecular weight excluding hydrogens is 311 g/mol. The van der Waals surface area contributed by atoms with Gasteiger partial charge in [0.05, 0.1) is 28.5 Å². The summed E-state index contributed by atoms with van der Waals surface area (Å²) < 4.78 is 5.22. The van der Waals surface area contributed by atoms with E-state index in [0.717, 1.165) is 5.56 Å². The number of aryl methyl sites for hydroxylation is 1. The maximum Gasteiger partial charge on any atom is 0.255 e. The van der Waals surface area contributed by atoms with E-state index in [1.807, 2.05) is 19.1 Å². The Kier molecular flexibility index (Phi) is 4.60. The number of amides is 1. The number of anilines is 2. The number of methoxy groups -OCH3 is 1. The molecule has 3 N–H and O–H groups in total. The number of nitrogen functional groups attached to an aromatic ring is 1. The van der Waals surface area contributed by atoms with Crippen molar-refractivity contribution in [2.75, 3.05) is 18.2 Å². The van der Waals surface area contributed by atoms with Crippen LogP contribution in [0.3, 0.4) is 0 Å². The van der Waals surface area contributed by atoms with Gasteiger partial charge in [0.25, 0.3) is 5.91 Å². The van der Waals surface area contributed by atoms with Crippen molar-refractivity contribution in [1.29, 1.82) is 0 Å². The summed E-state index contributed by atoms with van der Waals surface area (Å²) in [5, 5.41) is 3.25. The zero-order valence-electron chi connectivity index (χ0n) is 11.5. The lowest BCUT2D eigenvalue weighted by Crippen LogP contribution is -2.13. The van der Waals surface area contributed by atoms with Crippen molar-refractivity contribution in [3.63, 3.8) is 0 Å². The third-order valence-electron chi connectivity index (χ3n) is 2.94. The first-order chi connectivity index (χ1) is 9.92. The number of halogens is 2. The van der Waals surface area contributed by atoms with Crippen LogP contribution < -0.4 is 15.8 Å². The number of ether oxygens (including phenoxy) is 1. The zero-order chi connectivity index (χ0) is 15.6. The van der Waals surface area contributed by atoms with Crippen LogP contribution in [0.25, 0.3) is 0 Å². The van der Waals surface area contributed by atoms with Gasteiger partial charge in [0.15, 0.2) is 0 Å². The maximum atomic E-state index is 12.3. The number of benzene rings is 2. The van der Waals surface area contributed by atoms with Gasteiger partial charge in [-0.25, -0.2) is 0 Å². The van der Waals surface area contributed by atoms with Crippen LogP contribution in [0, 0.1) is 6.92 Å². The molecule has 0 atom stereocenters. The minimum atomic E-state index is -0.345. The molecule has 0 aliphatic rings. The first-order valence-corrected chi connectivity index (χ1v) is 6.88. The molecule has 0 aromatic heterocycles. The molecular formula is C15H14Cl2N2O2. The van der Waals surface area contributed by atoms with Gasteiger partial charge in [0.1, 0.15) is 5.75 Å². The summed E-state index contributed by atoms with van der Waals surface area (Å²) in [6, 6.07) is 8.44. The maximum absolute atomic E-state index is 12.3. The first kappa shape index (κ1) is 15.5. The molecule has 110 valence electrons. The van der Waals surface area contributed by atoms with Gasteiger partial charge in [-0.15, -0.1) is 0 Å². The number of carbonyl (C=O) groups is 1. The highest BCUT2D eigenvalue weighted by atomic mass is 35.5. The molecule has 2 rings (SSSR count). The highest BCUT2D eigenvalue weighted by Crippen LogP contribution is 2.30. The fraction of sp³-hybridized carbons (Fsp3) is 0.133. The van der Waals surface area contributed by atoms with Gasteiger partial charge < -0.3 is 15.8 Å². The summed E-state index contributed by atoms with van der Waals surface area (Å²) >= 11 is 11.9. The molecule has 4 nitrogen and oxygen atoms in total. The minimum Gasteiger partial charge on any atom is -0.495 e. The van der Waals surface area contributed by atoms with Crippen molar-refractivity contribution >= 4 is 40.5 Å². The average molecular weight is 325 g/mol. The Balaban J connectivity index is 2.32. The second-order valence-corrected chi connectivity index (χ2v) is 5.33. The van der Waals surface area contributed by atoms with E-state index in [1.54, 1.807) is 6.07 Å². The third-order valence-corrected chi connectivity index (χ3v) is 3.57. The Labute approximate surface area is 132 Å². The molecule has 0 fully saturated rings. The van der Waals surface area contributed by atoms with Crippen LogP contribution in [0.2, 0.25) is 10.0 Å². The van der Waals surface area contributed by atoms with E-state index in [4.69, 9.17) is 33.7 Å². The van der Waals surface area contributed by atoms with Gasteiger partial charge in [-0.2, -0.15) is 0 Å². The van der Waals surface area contributed by atoms with Gasteiger partial charge in [-0.3, -0.25) is 4.79 Å². The van der Waals surface area contributed by atoms with E-state index in [2.05, 4.69) is 5.32 Å². The standard InChI is InChI=1S/C15H14Cl2N2O2/c1-8-3-4-13(21-2)12(5-8)19-15(20)9-6-10(16)14(18)11(17)7-9/h3-7H,18H2,1-2H3,(H,19,20). The van der Waals surface area contributed by atoms with Gasteiger partial charge in [0.2, 0.25) is 0 Å². The molecule has 0 aliphatic carbocycles. The van der Waals surface area contributed by atoms with E-state index in [9.17, 15) is 4.79 Å². The lowest BCUT2D eigenvalue weighted by Gasteiger charge is -2.12. The van der Waals surface area contributed by atoms with Crippen LogP contribution in [0.15, 0.2) is 30.3 Å². The average Bonchev–Trinajstić information content (AvgIpc) is 2.44. The zero-order valence-corrected chi connectivity index (χ0v) is 13.0. The smallest absolute Gasteiger partial charge is 0.255 e. The van der Waals surface area contributed by atoms with Crippen LogP contribution in [-0.2, 0) is 0 Å². The molecule has 0 spiro atoms. The van der Waals surface area contributed by atoms with Gasteiger partial charge in [-0.1, -0.05) is 29.3 Å². The highest BCUT2D eigenvalue weighted by molar-refractivity contribution is 6.39. The van der Waals surface area contributed by atoms with Crippen LogP contribution in [0.4, 0.5) is 11.4 Å². The van der Waals surface area contributed by atoms with E-state index in [1.165, 1.54) is 19.2 Å². The van der Waals surface area contributed by atoms with Gasteiger partial charge >= 0.3 is 0 Å². The van der Waals surface area contributed by atoms with E-state index in [-0.39, 0.29) is 21.6 Å². The third kappa shape index (κ3) is 3.40. The van der Waals surface area contributed by atoms with Crippen molar-refractivity contribution in [3.05, 3.63) is 51.5 Å². The summed E-state index contributed by atoms with van der Waals surface area (Å²) in [6.07, 6.45) is 0. The molecule has 21 heavy (non-hydrogen) atoms. The topological polar surface area (TPSA) is 64.3 Å². The molecule has 2 aromatic rings. The summed E-state index contributed by atoms with van der Waals surface area (Å²) in [4.78, 5) is 12.3. The normalized spacial score (nSPS) is 10.3. The number of nitrogens with one attached hydrogen (secondary N) is 1. The predicted molar refractivity (Wildman–Crippen MR) is 86.6 cm³/mol. The number of hydrogen-bond donors (Lipinski definition) is 2. The van der Waals surface area contributed by atoms with Crippen molar-refractivity contribution in [2.45, 2.75) is 6.92 Å². The van der Waals surface area contributed by atoms with Crippen LogP contribution in [-0.4, -0.2) is 13.0 Å². The number of carbonyl (C=O) groups excluding carboxylic acids is 1. The first-order valence-electron chi connectivity index (χ1n) is 6.13. The minimum absolute atomic E-state index is 0.240. The largest absolute Gasteiger partial charge is 0.495 e. The Morgan fingerprint density at radius 3 is 2.38 bits per heavy atom. The molecule has 6 heteroatoms. The Hall–Kier alpha value is -1.91. The van der Waals surface area contributed by atoms with Gasteiger partial charge in [-0.05, 0) is 36.8 Å².